The predicted octanol–water partition coefficient (Wildman–Crippen LogP) is 5.26. The van der Waals surface area contributed by atoms with Crippen LogP contribution in [0.4, 0.5) is 17.6 Å². The van der Waals surface area contributed by atoms with E-state index >= 15 is 0 Å². The van der Waals surface area contributed by atoms with Crippen molar-refractivity contribution in [1.29, 1.82) is 0 Å². The molecule has 1 aromatic carbocycles. The van der Waals surface area contributed by atoms with Crippen LogP contribution >= 0.6 is 0 Å². The number of benzene rings is 1. The largest absolute Gasteiger partial charge is 0.393 e. The highest BCUT2D eigenvalue weighted by Gasteiger charge is 2.73. The molecule has 1 aromatic rings. The molecular weight excluding hydrogens is 324 g/mol. The van der Waals surface area contributed by atoms with Gasteiger partial charge in [-0.3, -0.25) is 4.74 Å². The minimum absolute atomic E-state index is 0.0566. The van der Waals surface area contributed by atoms with Gasteiger partial charge in [0, 0.05) is 0 Å². The number of hydrogen-bond donors (Lipinski definition) is 0. The van der Waals surface area contributed by atoms with Gasteiger partial charge in [0.1, 0.15) is 0 Å². The second-order valence-electron chi connectivity index (χ2n) is 6.83. The summed E-state index contributed by atoms with van der Waals surface area (Å²) < 4.78 is 68.2. The van der Waals surface area contributed by atoms with Crippen LogP contribution in [0.1, 0.15) is 50.7 Å². The summed E-state index contributed by atoms with van der Waals surface area (Å²) >= 11 is 0. The van der Waals surface area contributed by atoms with Crippen LogP contribution in [-0.4, -0.2) is 18.8 Å². The molecule has 134 valence electrons. The van der Waals surface area contributed by atoms with Crippen molar-refractivity contribution in [2.45, 2.75) is 63.8 Å². The molecule has 0 aromatic heterocycles. The van der Waals surface area contributed by atoms with Crippen molar-refractivity contribution in [3.8, 4) is 0 Å². The lowest BCUT2D eigenvalue weighted by Gasteiger charge is -2.43. The molecule has 2 atom stereocenters. The number of hydrogen-bond acceptors (Lipinski definition) is 2. The third-order valence-electron chi connectivity index (χ3n) is 5.45. The third kappa shape index (κ3) is 2.37. The fraction of sp³-hybridized carbons (Fsp3) is 0.667. The van der Waals surface area contributed by atoms with Crippen LogP contribution in [0.15, 0.2) is 24.3 Å². The van der Waals surface area contributed by atoms with E-state index in [0.29, 0.717) is 6.42 Å². The van der Waals surface area contributed by atoms with Crippen molar-refractivity contribution in [2.24, 2.45) is 5.41 Å². The molecular formula is C18H22F4O2. The van der Waals surface area contributed by atoms with E-state index in [1.165, 1.54) is 12.1 Å². The van der Waals surface area contributed by atoms with Crippen molar-refractivity contribution in [2.75, 3.05) is 6.61 Å². The van der Waals surface area contributed by atoms with Gasteiger partial charge in [-0.05, 0) is 36.8 Å². The molecule has 3 aliphatic rings. The van der Waals surface area contributed by atoms with Crippen molar-refractivity contribution < 1.29 is 27.0 Å². The molecule has 0 N–H and O–H groups in total. The lowest BCUT2D eigenvalue weighted by molar-refractivity contribution is -0.417. The Morgan fingerprint density at radius 3 is 2.12 bits per heavy atom. The average Bonchev–Trinajstić information content (AvgIpc) is 2.64. The van der Waals surface area contributed by atoms with Crippen molar-refractivity contribution in [3.63, 3.8) is 0 Å². The van der Waals surface area contributed by atoms with E-state index in [2.05, 4.69) is 4.74 Å². The maximum Gasteiger partial charge on any atom is 0.393 e. The van der Waals surface area contributed by atoms with Crippen LogP contribution in [0, 0.1) is 5.41 Å². The van der Waals surface area contributed by atoms with Gasteiger partial charge in [0.05, 0.1) is 12.0 Å². The average molecular weight is 346 g/mol. The van der Waals surface area contributed by atoms with Gasteiger partial charge >= 0.3 is 12.2 Å². The predicted molar refractivity (Wildman–Crippen MR) is 81.0 cm³/mol. The summed E-state index contributed by atoms with van der Waals surface area (Å²) in [5.74, 6) is 0. The number of fused-ring (bicyclic) bond motifs is 4. The first-order valence-electron chi connectivity index (χ1n) is 8.41. The first-order chi connectivity index (χ1) is 11.2. The fourth-order valence-electron chi connectivity index (χ4n) is 3.86. The zero-order chi connectivity index (χ0) is 17.6. The zero-order valence-corrected chi connectivity index (χ0v) is 13.9. The smallest absolute Gasteiger partial charge is 0.360 e. The molecule has 2 unspecified atom stereocenters. The van der Waals surface area contributed by atoms with Crippen molar-refractivity contribution in [1.82, 2.24) is 0 Å². The van der Waals surface area contributed by atoms with Gasteiger partial charge in [0.25, 0.3) is 0 Å². The Hall–Kier alpha value is -1.14. The standard InChI is InChI=1S/C18H22F4O2/c1-3-9-15-10-11-16(23-12-15,18(21,22)24-17(15,19)20)14-7-5-13(4-2)6-8-14/h5-8H,3-4,9-12H2,1-2H3. The van der Waals surface area contributed by atoms with Gasteiger partial charge in [-0.2, -0.15) is 17.6 Å². The first kappa shape index (κ1) is 17.7. The van der Waals surface area contributed by atoms with E-state index < -0.39 is 29.8 Å². The summed E-state index contributed by atoms with van der Waals surface area (Å²) in [5, 5.41) is 0. The Morgan fingerprint density at radius 2 is 1.62 bits per heavy atom. The van der Waals surface area contributed by atoms with Gasteiger partial charge in [0.2, 0.25) is 0 Å². The molecule has 3 fully saturated rings. The van der Waals surface area contributed by atoms with Crippen molar-refractivity contribution >= 4 is 0 Å². The monoisotopic (exact) mass is 346 g/mol. The summed E-state index contributed by atoms with van der Waals surface area (Å²) in [4.78, 5) is 0. The van der Waals surface area contributed by atoms with Crippen LogP contribution in [0.5, 0.6) is 0 Å². The number of ether oxygens (including phenoxy) is 2. The lowest BCUT2D eigenvalue weighted by Crippen LogP contribution is -2.50. The highest BCUT2D eigenvalue weighted by atomic mass is 19.3. The summed E-state index contributed by atoms with van der Waals surface area (Å²) in [6.07, 6.45) is -6.98. The SMILES string of the molecule is CCCC12CCC(c3ccc(CC)cc3)(OC1)C(F)(F)OC2(F)F. The second-order valence-corrected chi connectivity index (χ2v) is 6.83. The highest BCUT2D eigenvalue weighted by molar-refractivity contribution is 5.30. The number of alkyl halides is 4. The van der Waals surface area contributed by atoms with Crippen LogP contribution < -0.4 is 0 Å². The summed E-state index contributed by atoms with van der Waals surface area (Å²) in [6, 6.07) is 6.51. The summed E-state index contributed by atoms with van der Waals surface area (Å²) in [5.41, 5.74) is -2.67. The Balaban J connectivity index is 2.06. The van der Waals surface area contributed by atoms with Gasteiger partial charge < -0.3 is 4.74 Å². The van der Waals surface area contributed by atoms with Crippen LogP contribution in [0.25, 0.3) is 0 Å². The number of halogens is 4. The van der Waals surface area contributed by atoms with Crippen LogP contribution in [0.3, 0.4) is 0 Å². The summed E-state index contributed by atoms with van der Waals surface area (Å²) in [7, 11) is 0. The zero-order valence-electron chi connectivity index (χ0n) is 13.9. The van der Waals surface area contributed by atoms with E-state index in [0.717, 1.165) is 12.0 Å². The molecule has 2 bridgehead atoms. The third-order valence-corrected chi connectivity index (χ3v) is 5.45. The molecule has 2 nitrogen and oxygen atoms in total. The lowest BCUT2D eigenvalue weighted by atomic mass is 9.73. The van der Waals surface area contributed by atoms with Gasteiger partial charge in [-0.1, -0.05) is 44.5 Å². The van der Waals surface area contributed by atoms with Crippen LogP contribution in [-0.2, 0) is 21.5 Å². The second kappa shape index (κ2) is 5.70. The molecule has 0 radical (unpaired) electrons. The van der Waals surface area contributed by atoms with Gasteiger partial charge in [0.15, 0.2) is 5.60 Å². The Morgan fingerprint density at radius 1 is 0.958 bits per heavy atom. The van der Waals surface area contributed by atoms with Gasteiger partial charge in [-0.25, -0.2) is 0 Å². The molecule has 0 spiro atoms. The summed E-state index contributed by atoms with van der Waals surface area (Å²) in [6.45, 7) is 3.27. The minimum atomic E-state index is -4.10. The van der Waals surface area contributed by atoms with E-state index in [1.54, 1.807) is 19.1 Å². The molecule has 4 rings (SSSR count). The number of rotatable bonds is 4. The maximum absolute atomic E-state index is 14.8. The highest BCUT2D eigenvalue weighted by Crippen LogP contribution is 2.62. The van der Waals surface area contributed by atoms with Crippen LogP contribution in [0.2, 0.25) is 0 Å². The van der Waals surface area contributed by atoms with E-state index in [1.807, 2.05) is 6.92 Å². The Kier molecular flexibility index (Phi) is 4.20. The minimum Gasteiger partial charge on any atom is -0.360 e. The van der Waals surface area contributed by atoms with E-state index in [9.17, 15) is 17.6 Å². The molecule has 3 saturated heterocycles. The van der Waals surface area contributed by atoms with E-state index in [-0.39, 0.29) is 24.8 Å². The Bertz CT molecular complexity index is 590. The molecule has 0 amide bonds. The Labute approximate surface area is 139 Å². The molecule has 3 heterocycles. The van der Waals surface area contributed by atoms with Crippen molar-refractivity contribution in [3.05, 3.63) is 35.4 Å². The molecule has 6 heteroatoms. The molecule has 0 saturated carbocycles. The number of aryl methyl sites for hydroxylation is 1. The maximum atomic E-state index is 14.8. The van der Waals surface area contributed by atoms with Gasteiger partial charge in [-0.15, -0.1) is 0 Å². The normalized spacial score (nSPS) is 34.1. The molecule has 3 aliphatic heterocycles. The molecule has 24 heavy (non-hydrogen) atoms. The molecule has 0 aliphatic carbocycles. The fourth-order valence-corrected chi connectivity index (χ4v) is 3.86. The quantitative estimate of drug-likeness (QED) is 0.693. The van der Waals surface area contributed by atoms with E-state index in [4.69, 9.17) is 4.74 Å². The first-order valence-corrected chi connectivity index (χ1v) is 8.41. The topological polar surface area (TPSA) is 18.5 Å².